The summed E-state index contributed by atoms with van der Waals surface area (Å²) < 4.78 is 13.6. The van der Waals surface area contributed by atoms with E-state index in [-0.39, 0.29) is 12.8 Å². The third-order valence-corrected chi connectivity index (χ3v) is 5.86. The molecule has 1 unspecified atom stereocenters. The van der Waals surface area contributed by atoms with E-state index in [1.165, 1.54) is 0 Å². The summed E-state index contributed by atoms with van der Waals surface area (Å²) in [7, 11) is 0. The number of rotatable bonds is 6. The zero-order valence-corrected chi connectivity index (χ0v) is 18.6. The summed E-state index contributed by atoms with van der Waals surface area (Å²) in [6.45, 7) is 1.32. The minimum absolute atomic E-state index is 0.218. The van der Waals surface area contributed by atoms with Gasteiger partial charge in [-0.05, 0) is 49.6 Å². The van der Waals surface area contributed by atoms with Gasteiger partial charge in [0.1, 0.15) is 0 Å². The Kier molecular flexibility index (Phi) is 6.98. The van der Waals surface area contributed by atoms with Gasteiger partial charge in [0.2, 0.25) is 0 Å². The van der Waals surface area contributed by atoms with Gasteiger partial charge < -0.3 is 15.2 Å². The highest BCUT2D eigenvalue weighted by atomic mass is 35.5. The van der Waals surface area contributed by atoms with E-state index in [1.54, 1.807) is 16.8 Å². The van der Waals surface area contributed by atoms with Crippen molar-refractivity contribution in [2.24, 2.45) is 5.73 Å². The minimum atomic E-state index is -0.218. The highest BCUT2D eigenvalue weighted by molar-refractivity contribution is 6.35. The SMILES string of the molecule is NCc1nn(-c2ccc(Cl)cc2Cl)c(-c2ccc(Cl)cc2)c1COC1CCCCO1. The van der Waals surface area contributed by atoms with E-state index in [2.05, 4.69) is 0 Å². The average Bonchev–Trinajstić information content (AvgIpc) is 3.12. The minimum Gasteiger partial charge on any atom is -0.353 e. The summed E-state index contributed by atoms with van der Waals surface area (Å²) in [4.78, 5) is 0. The van der Waals surface area contributed by atoms with Gasteiger partial charge in [-0.1, -0.05) is 46.9 Å². The van der Waals surface area contributed by atoms with Crippen molar-refractivity contribution in [1.29, 1.82) is 0 Å². The van der Waals surface area contributed by atoms with Crippen molar-refractivity contribution < 1.29 is 9.47 Å². The van der Waals surface area contributed by atoms with E-state index in [0.717, 1.165) is 48.4 Å². The summed E-state index contributed by atoms with van der Waals surface area (Å²) >= 11 is 18.7. The first kappa shape index (κ1) is 21.6. The molecule has 0 spiro atoms. The molecule has 2 aromatic carbocycles. The zero-order valence-electron chi connectivity index (χ0n) is 16.3. The Morgan fingerprint density at radius 1 is 1.07 bits per heavy atom. The lowest BCUT2D eigenvalue weighted by atomic mass is 10.1. The van der Waals surface area contributed by atoms with Crippen molar-refractivity contribution in [1.82, 2.24) is 9.78 Å². The molecule has 1 fully saturated rings. The van der Waals surface area contributed by atoms with Crippen LogP contribution in [0.25, 0.3) is 16.9 Å². The van der Waals surface area contributed by atoms with Crippen LogP contribution in [-0.4, -0.2) is 22.7 Å². The number of hydrogen-bond acceptors (Lipinski definition) is 4. The molecule has 30 heavy (non-hydrogen) atoms. The van der Waals surface area contributed by atoms with E-state index < -0.39 is 0 Å². The quantitative estimate of drug-likeness (QED) is 0.484. The fourth-order valence-corrected chi connectivity index (χ4v) is 4.18. The van der Waals surface area contributed by atoms with Gasteiger partial charge in [0, 0.05) is 34.3 Å². The summed E-state index contributed by atoms with van der Waals surface area (Å²) in [6, 6.07) is 12.9. The maximum absolute atomic E-state index is 6.50. The second-order valence-corrected chi connectivity index (χ2v) is 8.38. The summed E-state index contributed by atoms with van der Waals surface area (Å²) in [5.41, 5.74) is 10.2. The Morgan fingerprint density at radius 3 is 2.50 bits per heavy atom. The first-order valence-corrected chi connectivity index (χ1v) is 11.0. The number of benzene rings is 2. The summed E-state index contributed by atoms with van der Waals surface area (Å²) in [5, 5.41) is 6.47. The standard InChI is InChI=1S/C22H22Cl3N3O2/c23-15-6-4-14(5-7-15)22-17(13-30-21-3-1-2-10-29-21)19(12-26)27-28(22)20-9-8-16(24)11-18(20)25/h4-9,11,21H,1-3,10,12-13,26H2. The van der Waals surface area contributed by atoms with Crippen LogP contribution in [0.5, 0.6) is 0 Å². The van der Waals surface area contributed by atoms with Crippen LogP contribution < -0.4 is 5.73 Å². The molecule has 1 atom stereocenters. The molecule has 1 aromatic heterocycles. The average molecular weight is 467 g/mol. The molecule has 1 aliphatic rings. The topological polar surface area (TPSA) is 62.3 Å². The third kappa shape index (κ3) is 4.67. The lowest BCUT2D eigenvalue weighted by Gasteiger charge is -2.23. The predicted octanol–water partition coefficient (Wildman–Crippen LogP) is 6.00. The summed E-state index contributed by atoms with van der Waals surface area (Å²) in [6.07, 6.45) is 2.82. The molecule has 0 bridgehead atoms. The van der Waals surface area contributed by atoms with Crippen LogP contribution >= 0.6 is 34.8 Å². The van der Waals surface area contributed by atoms with Crippen molar-refractivity contribution in [3.63, 3.8) is 0 Å². The lowest BCUT2D eigenvalue weighted by molar-refractivity contribution is -0.168. The fraction of sp³-hybridized carbons (Fsp3) is 0.318. The number of nitrogens with two attached hydrogens (primary N) is 1. The van der Waals surface area contributed by atoms with Gasteiger partial charge >= 0.3 is 0 Å². The van der Waals surface area contributed by atoms with E-state index >= 15 is 0 Å². The molecular weight excluding hydrogens is 445 g/mol. The molecule has 8 heteroatoms. The number of halogens is 3. The molecule has 0 aliphatic carbocycles. The molecule has 0 radical (unpaired) electrons. The summed E-state index contributed by atoms with van der Waals surface area (Å²) in [5.74, 6) is 0. The Labute approximate surface area is 190 Å². The molecule has 3 aromatic rings. The molecule has 0 saturated carbocycles. The van der Waals surface area contributed by atoms with Crippen LogP contribution in [0.4, 0.5) is 0 Å². The van der Waals surface area contributed by atoms with Gasteiger partial charge in [0.15, 0.2) is 6.29 Å². The fourth-order valence-electron chi connectivity index (χ4n) is 3.56. The van der Waals surface area contributed by atoms with E-state index in [1.807, 2.05) is 30.3 Å². The van der Waals surface area contributed by atoms with Crippen LogP contribution in [0.2, 0.25) is 15.1 Å². The molecular formula is C22H22Cl3N3O2. The molecule has 2 N–H and O–H groups in total. The number of ether oxygens (including phenoxy) is 2. The monoisotopic (exact) mass is 465 g/mol. The van der Waals surface area contributed by atoms with Crippen LogP contribution in [0.1, 0.15) is 30.5 Å². The smallest absolute Gasteiger partial charge is 0.158 e. The molecule has 4 rings (SSSR count). The van der Waals surface area contributed by atoms with Gasteiger partial charge in [0.05, 0.1) is 28.7 Å². The van der Waals surface area contributed by atoms with Gasteiger partial charge in [-0.15, -0.1) is 0 Å². The molecule has 5 nitrogen and oxygen atoms in total. The molecule has 1 aliphatic heterocycles. The van der Waals surface area contributed by atoms with Crippen LogP contribution in [0.15, 0.2) is 42.5 Å². The van der Waals surface area contributed by atoms with Crippen LogP contribution in [-0.2, 0) is 22.6 Å². The normalized spacial score (nSPS) is 16.7. The largest absolute Gasteiger partial charge is 0.353 e. The second kappa shape index (κ2) is 9.69. The number of hydrogen-bond donors (Lipinski definition) is 1. The van der Waals surface area contributed by atoms with Gasteiger partial charge in [0.25, 0.3) is 0 Å². The van der Waals surface area contributed by atoms with Crippen molar-refractivity contribution in [3.8, 4) is 16.9 Å². The predicted molar refractivity (Wildman–Crippen MR) is 120 cm³/mol. The molecule has 158 valence electrons. The van der Waals surface area contributed by atoms with Crippen molar-refractivity contribution in [3.05, 3.63) is 68.8 Å². The third-order valence-electron chi connectivity index (χ3n) is 5.07. The Balaban J connectivity index is 1.80. The Hall–Kier alpha value is -1.60. The highest BCUT2D eigenvalue weighted by Crippen LogP contribution is 2.34. The number of nitrogens with zero attached hydrogens (tertiary/aromatic N) is 2. The molecule has 2 heterocycles. The Morgan fingerprint density at radius 2 is 1.83 bits per heavy atom. The van der Waals surface area contributed by atoms with E-state index in [0.29, 0.717) is 27.4 Å². The Bertz CT molecular complexity index is 1020. The molecule has 1 saturated heterocycles. The van der Waals surface area contributed by atoms with Gasteiger partial charge in [-0.2, -0.15) is 5.10 Å². The van der Waals surface area contributed by atoms with Crippen LogP contribution in [0.3, 0.4) is 0 Å². The van der Waals surface area contributed by atoms with Crippen molar-refractivity contribution in [2.75, 3.05) is 6.61 Å². The maximum Gasteiger partial charge on any atom is 0.158 e. The first-order chi connectivity index (χ1) is 14.6. The molecule has 0 amide bonds. The lowest BCUT2D eigenvalue weighted by Crippen LogP contribution is -2.22. The van der Waals surface area contributed by atoms with E-state index in [4.69, 9.17) is 55.1 Å². The highest BCUT2D eigenvalue weighted by Gasteiger charge is 2.23. The second-order valence-electron chi connectivity index (χ2n) is 7.10. The van der Waals surface area contributed by atoms with E-state index in [9.17, 15) is 0 Å². The maximum atomic E-state index is 6.50. The van der Waals surface area contributed by atoms with Crippen molar-refractivity contribution in [2.45, 2.75) is 38.7 Å². The number of aromatic nitrogens is 2. The van der Waals surface area contributed by atoms with Gasteiger partial charge in [-0.3, -0.25) is 0 Å². The zero-order chi connectivity index (χ0) is 21.1. The first-order valence-electron chi connectivity index (χ1n) is 9.82. The van der Waals surface area contributed by atoms with Crippen LogP contribution in [0, 0.1) is 0 Å². The van der Waals surface area contributed by atoms with Crippen molar-refractivity contribution >= 4 is 34.8 Å². The van der Waals surface area contributed by atoms with Gasteiger partial charge in [-0.25, -0.2) is 4.68 Å².